The van der Waals surface area contributed by atoms with Gasteiger partial charge in [-0.1, -0.05) is 19.9 Å². The van der Waals surface area contributed by atoms with Gasteiger partial charge in [0.2, 0.25) is 0 Å². The van der Waals surface area contributed by atoms with E-state index in [1.165, 1.54) is 12.0 Å². The summed E-state index contributed by atoms with van der Waals surface area (Å²) in [5, 5.41) is 3.67. The first-order valence-corrected chi connectivity index (χ1v) is 8.18. The Hall–Kier alpha value is -0.930. The fraction of sp³-hybridized carbons (Fsp3) is 0.667. The highest BCUT2D eigenvalue weighted by Gasteiger charge is 2.23. The van der Waals surface area contributed by atoms with Gasteiger partial charge in [0.1, 0.15) is 5.82 Å². The molecule has 0 saturated carbocycles. The van der Waals surface area contributed by atoms with E-state index in [1.54, 1.807) is 12.1 Å². The summed E-state index contributed by atoms with van der Waals surface area (Å²) in [7, 11) is 0. The highest BCUT2D eigenvalue weighted by molar-refractivity contribution is 5.26. The molecule has 0 aromatic heterocycles. The Bertz CT molecular complexity index is 459. The van der Waals surface area contributed by atoms with E-state index in [4.69, 9.17) is 0 Å². The average Bonchev–Trinajstić information content (AvgIpc) is 2.56. The molecule has 21 heavy (non-hydrogen) atoms. The van der Waals surface area contributed by atoms with Crippen LogP contribution >= 0.6 is 0 Å². The molecule has 1 heterocycles. The molecule has 1 aromatic rings. The summed E-state index contributed by atoms with van der Waals surface area (Å²) >= 11 is 0. The van der Waals surface area contributed by atoms with Crippen LogP contribution in [0.3, 0.4) is 0 Å². The molecule has 0 aliphatic carbocycles. The minimum absolute atomic E-state index is 0.130. The Morgan fingerprint density at radius 3 is 2.86 bits per heavy atom. The third kappa shape index (κ3) is 4.79. The number of aryl methyl sites for hydroxylation is 1. The van der Waals surface area contributed by atoms with Crippen LogP contribution in [0.25, 0.3) is 0 Å². The van der Waals surface area contributed by atoms with Gasteiger partial charge in [-0.25, -0.2) is 4.39 Å². The molecule has 0 amide bonds. The molecule has 2 unspecified atom stereocenters. The van der Waals surface area contributed by atoms with Crippen LogP contribution in [0.4, 0.5) is 4.39 Å². The summed E-state index contributed by atoms with van der Waals surface area (Å²) in [5.41, 5.74) is 2.30. The van der Waals surface area contributed by atoms with Crippen LogP contribution in [0.15, 0.2) is 18.2 Å². The van der Waals surface area contributed by atoms with Crippen molar-refractivity contribution in [3.05, 3.63) is 35.1 Å². The smallest absolute Gasteiger partial charge is 0.123 e. The maximum absolute atomic E-state index is 13.5. The van der Waals surface area contributed by atoms with Crippen LogP contribution in [0.1, 0.15) is 44.7 Å². The summed E-state index contributed by atoms with van der Waals surface area (Å²) in [4.78, 5) is 2.51. The highest BCUT2D eigenvalue weighted by atomic mass is 19.1. The maximum atomic E-state index is 13.5. The number of benzene rings is 1. The molecule has 1 aromatic carbocycles. The van der Waals surface area contributed by atoms with Crippen molar-refractivity contribution in [1.29, 1.82) is 0 Å². The van der Waals surface area contributed by atoms with Gasteiger partial charge in [-0.15, -0.1) is 0 Å². The summed E-state index contributed by atoms with van der Waals surface area (Å²) in [6, 6.07) is 6.21. The second-order valence-corrected chi connectivity index (χ2v) is 6.92. The number of hydrogen-bond donors (Lipinski definition) is 1. The maximum Gasteiger partial charge on any atom is 0.123 e. The normalized spacial score (nSPS) is 24.3. The molecule has 0 bridgehead atoms. The number of nitrogens with one attached hydrogen (secondary N) is 1. The lowest BCUT2D eigenvalue weighted by molar-refractivity contribution is 0.189. The van der Waals surface area contributed by atoms with Crippen LogP contribution in [0.5, 0.6) is 0 Å². The van der Waals surface area contributed by atoms with Crippen molar-refractivity contribution in [2.75, 3.05) is 13.1 Å². The topological polar surface area (TPSA) is 15.3 Å². The van der Waals surface area contributed by atoms with Crippen LogP contribution in [0.2, 0.25) is 0 Å². The summed E-state index contributed by atoms with van der Waals surface area (Å²) < 4.78 is 13.5. The van der Waals surface area contributed by atoms with Gasteiger partial charge in [0.25, 0.3) is 0 Å². The van der Waals surface area contributed by atoms with Gasteiger partial charge in [-0.05, 0) is 62.4 Å². The van der Waals surface area contributed by atoms with Gasteiger partial charge >= 0.3 is 0 Å². The van der Waals surface area contributed by atoms with Gasteiger partial charge in [-0.3, -0.25) is 4.90 Å². The van der Waals surface area contributed by atoms with Gasteiger partial charge in [0.15, 0.2) is 0 Å². The zero-order valence-corrected chi connectivity index (χ0v) is 13.8. The van der Waals surface area contributed by atoms with E-state index in [2.05, 4.69) is 37.9 Å². The minimum atomic E-state index is -0.130. The minimum Gasteiger partial charge on any atom is -0.313 e. The Labute approximate surface area is 128 Å². The second-order valence-electron chi connectivity index (χ2n) is 6.92. The van der Waals surface area contributed by atoms with Gasteiger partial charge in [0.05, 0.1) is 0 Å². The Morgan fingerprint density at radius 1 is 1.38 bits per heavy atom. The fourth-order valence-corrected chi connectivity index (χ4v) is 3.18. The molecule has 1 fully saturated rings. The quantitative estimate of drug-likeness (QED) is 0.909. The van der Waals surface area contributed by atoms with Crippen LogP contribution < -0.4 is 5.32 Å². The van der Waals surface area contributed by atoms with E-state index in [0.717, 1.165) is 31.6 Å². The molecule has 0 radical (unpaired) electrons. The van der Waals surface area contributed by atoms with Crippen molar-refractivity contribution < 1.29 is 4.39 Å². The highest BCUT2D eigenvalue weighted by Crippen LogP contribution is 2.19. The van der Waals surface area contributed by atoms with Crippen LogP contribution in [-0.2, 0) is 6.54 Å². The lowest BCUT2D eigenvalue weighted by Gasteiger charge is -2.30. The van der Waals surface area contributed by atoms with E-state index >= 15 is 0 Å². The zero-order chi connectivity index (χ0) is 15.4. The van der Waals surface area contributed by atoms with Crippen molar-refractivity contribution in [2.24, 2.45) is 5.92 Å². The number of nitrogens with zero attached hydrogens (tertiary/aromatic N) is 1. The van der Waals surface area contributed by atoms with Crippen LogP contribution in [-0.4, -0.2) is 30.1 Å². The van der Waals surface area contributed by atoms with E-state index in [1.807, 2.05) is 6.07 Å². The first-order chi connectivity index (χ1) is 9.95. The van der Waals surface area contributed by atoms with E-state index in [9.17, 15) is 4.39 Å². The van der Waals surface area contributed by atoms with Gasteiger partial charge in [0, 0.05) is 25.2 Å². The van der Waals surface area contributed by atoms with Crippen molar-refractivity contribution >= 4 is 0 Å². The molecule has 0 spiro atoms. The summed E-state index contributed by atoms with van der Waals surface area (Å²) in [5.74, 6) is 0.573. The monoisotopic (exact) mass is 292 g/mol. The standard InChI is InChI=1S/C18H29FN2/c1-13(2)9-18-12-21(15(4)7-8-20-18)11-16-10-17(19)6-5-14(16)3/h5-6,10,13,15,18,20H,7-9,11-12H2,1-4H3. The van der Waals surface area contributed by atoms with Crippen molar-refractivity contribution in [1.82, 2.24) is 10.2 Å². The SMILES string of the molecule is Cc1ccc(F)cc1CN1CC(CC(C)C)NCCC1C. The number of halogens is 1. The predicted octanol–water partition coefficient (Wildman–Crippen LogP) is 3.73. The molecule has 2 nitrogen and oxygen atoms in total. The third-order valence-electron chi connectivity index (χ3n) is 4.51. The lowest BCUT2D eigenvalue weighted by atomic mass is 10.0. The number of rotatable bonds is 4. The van der Waals surface area contributed by atoms with E-state index in [0.29, 0.717) is 18.0 Å². The Morgan fingerprint density at radius 2 is 2.14 bits per heavy atom. The molecule has 118 valence electrons. The fourth-order valence-electron chi connectivity index (χ4n) is 3.18. The molecule has 1 N–H and O–H groups in total. The third-order valence-corrected chi connectivity index (χ3v) is 4.51. The molecule has 1 aliphatic rings. The summed E-state index contributed by atoms with van der Waals surface area (Å²) in [6.45, 7) is 11.9. The zero-order valence-electron chi connectivity index (χ0n) is 13.8. The van der Waals surface area contributed by atoms with E-state index in [-0.39, 0.29) is 5.82 Å². The summed E-state index contributed by atoms with van der Waals surface area (Å²) in [6.07, 6.45) is 2.36. The molecular formula is C18H29FN2. The molecular weight excluding hydrogens is 263 g/mol. The van der Waals surface area contributed by atoms with E-state index < -0.39 is 0 Å². The molecule has 2 atom stereocenters. The molecule has 3 heteroatoms. The number of hydrogen-bond acceptors (Lipinski definition) is 2. The van der Waals surface area contributed by atoms with Crippen LogP contribution in [0, 0.1) is 18.7 Å². The van der Waals surface area contributed by atoms with Crippen molar-refractivity contribution in [2.45, 2.75) is 59.2 Å². The van der Waals surface area contributed by atoms with Crippen molar-refractivity contribution in [3.8, 4) is 0 Å². The Balaban J connectivity index is 2.09. The van der Waals surface area contributed by atoms with Crippen molar-refractivity contribution in [3.63, 3.8) is 0 Å². The van der Waals surface area contributed by atoms with Gasteiger partial charge in [-0.2, -0.15) is 0 Å². The largest absolute Gasteiger partial charge is 0.313 e. The lowest BCUT2D eigenvalue weighted by Crippen LogP contribution is -2.40. The Kier molecular flexibility index (Phi) is 5.77. The first-order valence-electron chi connectivity index (χ1n) is 8.18. The average molecular weight is 292 g/mol. The molecule has 2 rings (SSSR count). The van der Waals surface area contributed by atoms with Gasteiger partial charge < -0.3 is 5.32 Å². The molecule has 1 saturated heterocycles. The first kappa shape index (κ1) is 16.4. The second kappa shape index (κ2) is 7.37. The molecule has 1 aliphatic heterocycles. The predicted molar refractivity (Wildman–Crippen MR) is 86.9 cm³/mol.